The van der Waals surface area contributed by atoms with Crippen LogP contribution < -0.4 is 4.90 Å². The largest absolute Gasteiger partial charge is 0.338 e. The van der Waals surface area contributed by atoms with Crippen molar-refractivity contribution in [2.45, 2.75) is 0 Å². The summed E-state index contributed by atoms with van der Waals surface area (Å²) in [5.41, 5.74) is 1.01. The summed E-state index contributed by atoms with van der Waals surface area (Å²) in [7, 11) is 0. The molecule has 0 unspecified atom stereocenters. The van der Waals surface area contributed by atoms with Gasteiger partial charge in [0.2, 0.25) is 5.95 Å². The van der Waals surface area contributed by atoms with E-state index in [2.05, 4.69) is 19.8 Å². The molecule has 1 aliphatic rings. The molecule has 0 spiro atoms. The van der Waals surface area contributed by atoms with Gasteiger partial charge >= 0.3 is 0 Å². The third kappa shape index (κ3) is 2.80. The Hall–Kier alpha value is -1.39. The van der Waals surface area contributed by atoms with E-state index in [0.29, 0.717) is 5.88 Å². The van der Waals surface area contributed by atoms with Crippen molar-refractivity contribution in [3.05, 3.63) is 30.5 Å². The van der Waals surface area contributed by atoms with Crippen molar-refractivity contribution in [2.75, 3.05) is 43.5 Å². The Morgan fingerprint density at radius 2 is 1.89 bits per heavy atom. The monoisotopic (exact) mass is 276 g/mol. The van der Waals surface area contributed by atoms with Crippen LogP contribution in [-0.2, 0) is 0 Å². The molecule has 0 aliphatic carbocycles. The quantitative estimate of drug-likeness (QED) is 0.803. The molecule has 3 rings (SSSR count). The lowest BCUT2D eigenvalue weighted by Crippen LogP contribution is -2.47. The van der Waals surface area contributed by atoms with E-state index in [-0.39, 0.29) is 0 Å². The maximum Gasteiger partial charge on any atom is 0.225 e. The summed E-state index contributed by atoms with van der Waals surface area (Å²) in [6.45, 7) is 4.96. The van der Waals surface area contributed by atoms with E-state index < -0.39 is 0 Å². The van der Waals surface area contributed by atoms with Crippen molar-refractivity contribution in [3.63, 3.8) is 0 Å². The van der Waals surface area contributed by atoms with Crippen molar-refractivity contribution in [3.8, 4) is 0 Å². The van der Waals surface area contributed by atoms with Gasteiger partial charge in [0.05, 0.1) is 5.52 Å². The van der Waals surface area contributed by atoms with Gasteiger partial charge in [-0.25, -0.2) is 9.97 Å². The minimum absolute atomic E-state index is 0.701. The van der Waals surface area contributed by atoms with E-state index in [1.54, 1.807) is 0 Å². The second kappa shape index (κ2) is 5.72. The summed E-state index contributed by atoms with van der Waals surface area (Å²) >= 11 is 5.77. The minimum atomic E-state index is 0.701. The summed E-state index contributed by atoms with van der Waals surface area (Å²) < 4.78 is 0. The Balaban J connectivity index is 1.74. The van der Waals surface area contributed by atoms with Crippen LogP contribution in [0.4, 0.5) is 5.95 Å². The molecule has 0 N–H and O–H groups in total. The van der Waals surface area contributed by atoms with Gasteiger partial charge in [-0.05, 0) is 6.07 Å². The highest BCUT2D eigenvalue weighted by atomic mass is 35.5. The second-order valence-corrected chi connectivity index (χ2v) is 5.12. The number of alkyl halides is 1. The number of benzene rings is 1. The van der Waals surface area contributed by atoms with Crippen molar-refractivity contribution < 1.29 is 0 Å². The topological polar surface area (TPSA) is 32.3 Å². The molecule has 100 valence electrons. The molecule has 4 nitrogen and oxygen atoms in total. The average Bonchev–Trinajstić information content (AvgIpc) is 2.48. The molecule has 2 heterocycles. The fraction of sp³-hybridized carbons (Fsp3) is 0.429. The zero-order valence-electron chi connectivity index (χ0n) is 10.8. The smallest absolute Gasteiger partial charge is 0.225 e. The van der Waals surface area contributed by atoms with E-state index in [0.717, 1.165) is 49.6 Å². The van der Waals surface area contributed by atoms with Gasteiger partial charge < -0.3 is 4.90 Å². The van der Waals surface area contributed by atoms with Gasteiger partial charge in [-0.2, -0.15) is 0 Å². The molecule has 2 aromatic rings. The first-order chi connectivity index (χ1) is 9.36. The van der Waals surface area contributed by atoms with Crippen LogP contribution in [0, 0.1) is 0 Å². The van der Waals surface area contributed by atoms with E-state index in [1.165, 1.54) is 0 Å². The van der Waals surface area contributed by atoms with Crippen molar-refractivity contribution in [1.29, 1.82) is 0 Å². The first kappa shape index (κ1) is 12.6. The number of anilines is 1. The maximum absolute atomic E-state index is 5.77. The minimum Gasteiger partial charge on any atom is -0.338 e. The van der Waals surface area contributed by atoms with E-state index in [4.69, 9.17) is 11.6 Å². The van der Waals surface area contributed by atoms with Crippen molar-refractivity contribution in [1.82, 2.24) is 14.9 Å². The van der Waals surface area contributed by atoms with E-state index >= 15 is 0 Å². The fourth-order valence-corrected chi connectivity index (χ4v) is 2.64. The number of rotatable bonds is 3. The number of hydrogen-bond donors (Lipinski definition) is 0. The number of nitrogens with zero attached hydrogens (tertiary/aromatic N) is 4. The molecule has 0 atom stereocenters. The maximum atomic E-state index is 5.77. The van der Waals surface area contributed by atoms with Crippen LogP contribution in [0.2, 0.25) is 0 Å². The fourth-order valence-electron chi connectivity index (χ4n) is 2.41. The van der Waals surface area contributed by atoms with Gasteiger partial charge in [0.1, 0.15) is 0 Å². The van der Waals surface area contributed by atoms with Crippen LogP contribution in [-0.4, -0.2) is 53.5 Å². The lowest BCUT2D eigenvalue weighted by Gasteiger charge is -2.34. The normalized spacial score (nSPS) is 17.0. The molecule has 0 amide bonds. The molecule has 19 heavy (non-hydrogen) atoms. The number of halogens is 1. The number of fused-ring (bicyclic) bond motifs is 1. The zero-order chi connectivity index (χ0) is 13.1. The van der Waals surface area contributed by atoms with Gasteiger partial charge in [0, 0.05) is 50.2 Å². The van der Waals surface area contributed by atoms with E-state index in [1.807, 2.05) is 30.5 Å². The van der Waals surface area contributed by atoms with Crippen LogP contribution in [0.1, 0.15) is 0 Å². The average molecular weight is 277 g/mol. The molecule has 5 heteroatoms. The molecule has 0 bridgehead atoms. The molecule has 1 aliphatic heterocycles. The van der Waals surface area contributed by atoms with Gasteiger partial charge in [0.15, 0.2) is 0 Å². The number of para-hydroxylation sites is 1. The molecule has 1 fully saturated rings. The summed E-state index contributed by atoms with van der Waals surface area (Å²) in [4.78, 5) is 13.7. The van der Waals surface area contributed by atoms with Crippen LogP contribution >= 0.6 is 11.6 Å². The lowest BCUT2D eigenvalue weighted by molar-refractivity contribution is 0.271. The predicted octanol–water partition coefficient (Wildman–Crippen LogP) is 1.99. The Kier molecular flexibility index (Phi) is 3.80. The molecular formula is C14H17ClN4. The zero-order valence-corrected chi connectivity index (χ0v) is 11.6. The molecule has 1 saturated heterocycles. The molecule has 1 aromatic carbocycles. The van der Waals surface area contributed by atoms with Gasteiger partial charge in [-0.15, -0.1) is 11.6 Å². The summed E-state index contributed by atoms with van der Waals surface area (Å²) in [6, 6.07) is 8.09. The Morgan fingerprint density at radius 1 is 1.11 bits per heavy atom. The Labute approximate surface area is 118 Å². The van der Waals surface area contributed by atoms with Crippen LogP contribution in [0.3, 0.4) is 0 Å². The molecule has 0 radical (unpaired) electrons. The SMILES string of the molecule is ClCCN1CCN(c2ncc3ccccc3n2)CC1. The first-order valence-corrected chi connectivity index (χ1v) is 7.15. The predicted molar refractivity (Wildman–Crippen MR) is 78.9 cm³/mol. The standard InChI is InChI=1S/C14H17ClN4/c15-5-6-18-7-9-19(10-8-18)14-16-11-12-3-1-2-4-13(12)17-14/h1-4,11H,5-10H2. The number of hydrogen-bond acceptors (Lipinski definition) is 4. The van der Waals surface area contributed by atoms with Crippen molar-refractivity contribution >= 4 is 28.5 Å². The molecule has 0 saturated carbocycles. The number of aromatic nitrogens is 2. The molecular weight excluding hydrogens is 260 g/mol. The Morgan fingerprint density at radius 3 is 2.68 bits per heavy atom. The summed E-state index contributed by atoms with van der Waals surface area (Å²) in [5.74, 6) is 1.54. The first-order valence-electron chi connectivity index (χ1n) is 6.62. The van der Waals surface area contributed by atoms with Gasteiger partial charge in [-0.1, -0.05) is 18.2 Å². The van der Waals surface area contributed by atoms with Crippen LogP contribution in [0.15, 0.2) is 30.5 Å². The highest BCUT2D eigenvalue weighted by Crippen LogP contribution is 2.16. The third-order valence-electron chi connectivity index (χ3n) is 3.53. The third-order valence-corrected chi connectivity index (χ3v) is 3.70. The summed E-state index contributed by atoms with van der Waals surface area (Å²) in [5, 5.41) is 1.09. The van der Waals surface area contributed by atoms with Crippen molar-refractivity contribution in [2.24, 2.45) is 0 Å². The van der Waals surface area contributed by atoms with Crippen LogP contribution in [0.25, 0.3) is 10.9 Å². The lowest BCUT2D eigenvalue weighted by atomic mass is 10.2. The van der Waals surface area contributed by atoms with Gasteiger partial charge in [0.25, 0.3) is 0 Å². The second-order valence-electron chi connectivity index (χ2n) is 4.75. The molecule has 1 aromatic heterocycles. The number of piperazine rings is 1. The Bertz CT molecular complexity index is 552. The summed E-state index contributed by atoms with van der Waals surface area (Å²) in [6.07, 6.45) is 1.91. The van der Waals surface area contributed by atoms with Crippen LogP contribution in [0.5, 0.6) is 0 Å². The van der Waals surface area contributed by atoms with Gasteiger partial charge in [-0.3, -0.25) is 4.90 Å². The highest BCUT2D eigenvalue weighted by Gasteiger charge is 2.18. The van der Waals surface area contributed by atoms with E-state index in [9.17, 15) is 0 Å². The highest BCUT2D eigenvalue weighted by molar-refractivity contribution is 6.18.